The Morgan fingerprint density at radius 1 is 1.30 bits per heavy atom. The van der Waals surface area contributed by atoms with Crippen molar-refractivity contribution in [3.63, 3.8) is 0 Å². The smallest absolute Gasteiger partial charge is 0.118 e. The van der Waals surface area contributed by atoms with E-state index in [1.54, 1.807) is 0 Å². The van der Waals surface area contributed by atoms with E-state index in [2.05, 4.69) is 28.6 Å². The molecule has 0 radical (unpaired) electrons. The molecule has 0 atom stereocenters. The topological polar surface area (TPSA) is 55.9 Å². The maximum atomic E-state index is 5.75. The normalized spacial score (nSPS) is 11.3. The molecule has 0 unspecified atom stereocenters. The van der Waals surface area contributed by atoms with E-state index in [1.807, 2.05) is 35.9 Å². The zero-order valence-electron chi connectivity index (χ0n) is 11.8. The Balaban J connectivity index is 1.85. The molecule has 0 saturated heterocycles. The van der Waals surface area contributed by atoms with Gasteiger partial charge in [0.2, 0.25) is 0 Å². The molecule has 104 valence electrons. The van der Waals surface area contributed by atoms with Crippen molar-refractivity contribution in [2.45, 2.75) is 26.9 Å². The van der Waals surface area contributed by atoms with Gasteiger partial charge in [-0.1, -0.05) is 24.3 Å². The maximum Gasteiger partial charge on any atom is 0.118 e. The molecule has 1 aromatic carbocycles. The van der Waals surface area contributed by atoms with E-state index < -0.39 is 0 Å². The Morgan fingerprint density at radius 2 is 2.15 bits per heavy atom. The number of para-hydroxylation sites is 1. The number of hydrogen-bond donors (Lipinski definition) is 1. The summed E-state index contributed by atoms with van der Waals surface area (Å²) in [6.45, 7) is 6.45. The number of furan rings is 1. The van der Waals surface area contributed by atoms with Crippen molar-refractivity contribution in [2.75, 3.05) is 6.54 Å². The van der Waals surface area contributed by atoms with Crippen LogP contribution in [0.4, 0.5) is 0 Å². The summed E-state index contributed by atoms with van der Waals surface area (Å²) in [6.07, 6.45) is 0. The van der Waals surface area contributed by atoms with Gasteiger partial charge in [-0.25, -0.2) is 4.68 Å². The molecule has 0 fully saturated rings. The number of rotatable bonds is 5. The molecule has 0 spiro atoms. The minimum absolute atomic E-state index is 0.683. The van der Waals surface area contributed by atoms with Crippen LogP contribution in [0.15, 0.2) is 34.7 Å². The average molecular weight is 270 g/mol. The van der Waals surface area contributed by atoms with Gasteiger partial charge < -0.3 is 9.73 Å². The summed E-state index contributed by atoms with van der Waals surface area (Å²) in [5.74, 6) is 1.90. The minimum Gasteiger partial charge on any atom is -0.465 e. The number of nitrogens with zero attached hydrogens (tertiary/aromatic N) is 3. The fraction of sp³-hybridized carbons (Fsp3) is 0.333. The van der Waals surface area contributed by atoms with Crippen LogP contribution in [0.2, 0.25) is 0 Å². The molecule has 3 rings (SSSR count). The molecule has 0 aliphatic carbocycles. The van der Waals surface area contributed by atoms with Crippen LogP contribution >= 0.6 is 0 Å². The first-order valence-corrected chi connectivity index (χ1v) is 6.85. The van der Waals surface area contributed by atoms with E-state index in [1.165, 1.54) is 0 Å². The Labute approximate surface area is 117 Å². The van der Waals surface area contributed by atoms with Crippen LogP contribution in [0.3, 0.4) is 0 Å². The SMILES string of the molecule is CCNCc1cc(Cn2nnc3ccccc32)c(C)o1. The summed E-state index contributed by atoms with van der Waals surface area (Å²) in [4.78, 5) is 0. The van der Waals surface area contributed by atoms with Gasteiger partial charge in [0.15, 0.2) is 0 Å². The van der Waals surface area contributed by atoms with Crippen molar-refractivity contribution < 1.29 is 4.42 Å². The Morgan fingerprint density at radius 3 is 3.00 bits per heavy atom. The summed E-state index contributed by atoms with van der Waals surface area (Å²) in [5.41, 5.74) is 3.11. The van der Waals surface area contributed by atoms with Crippen LogP contribution in [0.25, 0.3) is 11.0 Å². The second-order valence-electron chi connectivity index (χ2n) is 4.81. The number of benzene rings is 1. The summed E-state index contributed by atoms with van der Waals surface area (Å²) in [6, 6.07) is 10.1. The van der Waals surface area contributed by atoms with Crippen LogP contribution in [0.1, 0.15) is 24.0 Å². The van der Waals surface area contributed by atoms with E-state index >= 15 is 0 Å². The van der Waals surface area contributed by atoms with Crippen molar-refractivity contribution >= 4 is 11.0 Å². The van der Waals surface area contributed by atoms with Crippen LogP contribution in [0.5, 0.6) is 0 Å². The second kappa shape index (κ2) is 5.46. The van der Waals surface area contributed by atoms with Gasteiger partial charge in [0.25, 0.3) is 0 Å². The molecular formula is C15H18N4O. The van der Waals surface area contributed by atoms with Crippen LogP contribution in [0, 0.1) is 6.92 Å². The van der Waals surface area contributed by atoms with E-state index in [4.69, 9.17) is 4.42 Å². The molecule has 1 N–H and O–H groups in total. The summed E-state index contributed by atoms with van der Waals surface area (Å²) < 4.78 is 7.66. The van der Waals surface area contributed by atoms with E-state index in [9.17, 15) is 0 Å². The first-order valence-electron chi connectivity index (χ1n) is 6.85. The number of aryl methyl sites for hydroxylation is 1. The first-order chi connectivity index (χ1) is 9.78. The third-order valence-electron chi connectivity index (χ3n) is 3.36. The molecule has 0 saturated carbocycles. The quantitative estimate of drug-likeness (QED) is 0.774. The van der Waals surface area contributed by atoms with Gasteiger partial charge in [-0.2, -0.15) is 0 Å². The van der Waals surface area contributed by atoms with Gasteiger partial charge in [0.1, 0.15) is 17.0 Å². The molecule has 0 aliphatic heterocycles. The van der Waals surface area contributed by atoms with Crippen molar-refractivity contribution in [1.82, 2.24) is 20.3 Å². The molecule has 0 bridgehead atoms. The zero-order chi connectivity index (χ0) is 13.9. The molecule has 0 amide bonds. The Hall–Kier alpha value is -2.14. The fourth-order valence-corrected chi connectivity index (χ4v) is 2.28. The average Bonchev–Trinajstić information content (AvgIpc) is 3.02. The third kappa shape index (κ3) is 2.44. The lowest BCUT2D eigenvalue weighted by molar-refractivity contribution is 0.462. The fourth-order valence-electron chi connectivity index (χ4n) is 2.28. The second-order valence-corrected chi connectivity index (χ2v) is 4.81. The highest BCUT2D eigenvalue weighted by atomic mass is 16.3. The molecule has 2 heterocycles. The first kappa shape index (κ1) is 12.9. The number of aromatic nitrogens is 3. The van der Waals surface area contributed by atoms with Gasteiger partial charge in [0, 0.05) is 5.56 Å². The molecular weight excluding hydrogens is 252 g/mol. The highest BCUT2D eigenvalue weighted by Gasteiger charge is 2.10. The number of hydrogen-bond acceptors (Lipinski definition) is 4. The summed E-state index contributed by atoms with van der Waals surface area (Å²) >= 11 is 0. The lowest BCUT2D eigenvalue weighted by Gasteiger charge is -2.00. The maximum absolute atomic E-state index is 5.75. The van der Waals surface area contributed by atoms with Gasteiger partial charge in [0.05, 0.1) is 18.6 Å². The molecule has 20 heavy (non-hydrogen) atoms. The van der Waals surface area contributed by atoms with Crippen molar-refractivity contribution in [3.8, 4) is 0 Å². The number of fused-ring (bicyclic) bond motifs is 1. The van der Waals surface area contributed by atoms with E-state index in [-0.39, 0.29) is 0 Å². The Kier molecular flexibility index (Phi) is 3.52. The zero-order valence-corrected chi connectivity index (χ0v) is 11.8. The van der Waals surface area contributed by atoms with Gasteiger partial charge >= 0.3 is 0 Å². The highest BCUT2D eigenvalue weighted by Crippen LogP contribution is 2.18. The monoisotopic (exact) mass is 270 g/mol. The largest absolute Gasteiger partial charge is 0.465 e. The van der Waals surface area contributed by atoms with E-state index in [0.29, 0.717) is 6.54 Å². The predicted octanol–water partition coefficient (Wildman–Crippen LogP) is 2.49. The standard InChI is InChI=1S/C15H18N4O/c1-3-16-9-13-8-12(11(2)20-13)10-19-15-7-5-4-6-14(15)17-18-19/h4-8,16H,3,9-10H2,1-2H3. The summed E-state index contributed by atoms with van der Waals surface area (Å²) in [5, 5.41) is 11.6. The van der Waals surface area contributed by atoms with Gasteiger partial charge in [-0.05, 0) is 31.7 Å². The lowest BCUT2D eigenvalue weighted by atomic mass is 10.2. The van der Waals surface area contributed by atoms with Crippen molar-refractivity contribution in [2.24, 2.45) is 0 Å². The van der Waals surface area contributed by atoms with Gasteiger partial charge in [-0.3, -0.25) is 0 Å². The molecule has 0 aliphatic rings. The highest BCUT2D eigenvalue weighted by molar-refractivity contribution is 5.73. The van der Waals surface area contributed by atoms with Crippen LogP contribution in [-0.2, 0) is 13.1 Å². The molecule has 3 aromatic rings. The van der Waals surface area contributed by atoms with Crippen molar-refractivity contribution in [1.29, 1.82) is 0 Å². The lowest BCUT2D eigenvalue weighted by Crippen LogP contribution is -2.10. The van der Waals surface area contributed by atoms with Gasteiger partial charge in [-0.15, -0.1) is 5.10 Å². The van der Waals surface area contributed by atoms with Crippen LogP contribution < -0.4 is 5.32 Å². The van der Waals surface area contributed by atoms with E-state index in [0.717, 1.165) is 41.2 Å². The summed E-state index contributed by atoms with van der Waals surface area (Å²) in [7, 11) is 0. The number of nitrogens with one attached hydrogen (secondary N) is 1. The molecule has 5 nitrogen and oxygen atoms in total. The van der Waals surface area contributed by atoms with Crippen LogP contribution in [-0.4, -0.2) is 21.5 Å². The Bertz CT molecular complexity index is 714. The molecule has 2 aromatic heterocycles. The minimum atomic E-state index is 0.683. The third-order valence-corrected chi connectivity index (χ3v) is 3.36. The van der Waals surface area contributed by atoms with Crippen molar-refractivity contribution in [3.05, 3.63) is 47.4 Å². The predicted molar refractivity (Wildman–Crippen MR) is 77.5 cm³/mol. The molecule has 5 heteroatoms.